The van der Waals surface area contributed by atoms with E-state index in [9.17, 15) is 0 Å². The van der Waals surface area contributed by atoms with E-state index in [0.717, 1.165) is 12.1 Å². The molecule has 4 heteroatoms. The first-order chi connectivity index (χ1) is 8.70. The largest absolute Gasteiger partial charge is 0.380 e. The summed E-state index contributed by atoms with van der Waals surface area (Å²) in [5, 5.41) is 4.67. The van der Waals surface area contributed by atoms with Gasteiger partial charge in [-0.05, 0) is 25.8 Å². The van der Waals surface area contributed by atoms with Crippen molar-refractivity contribution in [3.63, 3.8) is 0 Å². The molecule has 0 bridgehead atoms. The van der Waals surface area contributed by atoms with Crippen LogP contribution in [0.3, 0.4) is 0 Å². The Balaban J connectivity index is 1.93. The first-order valence-corrected chi connectivity index (χ1v) is 7.03. The lowest BCUT2D eigenvalue weighted by Crippen LogP contribution is -2.36. The van der Waals surface area contributed by atoms with Crippen molar-refractivity contribution in [1.82, 2.24) is 9.78 Å². The summed E-state index contributed by atoms with van der Waals surface area (Å²) in [5.41, 5.74) is 7.15. The van der Waals surface area contributed by atoms with E-state index >= 15 is 0 Å². The molecule has 0 saturated heterocycles. The van der Waals surface area contributed by atoms with Crippen LogP contribution in [0.2, 0.25) is 0 Å². The summed E-state index contributed by atoms with van der Waals surface area (Å²) in [6, 6.07) is 2.71. The van der Waals surface area contributed by atoms with Crippen molar-refractivity contribution in [3.8, 4) is 0 Å². The van der Waals surface area contributed by atoms with Crippen molar-refractivity contribution >= 4 is 0 Å². The number of hydrogen-bond acceptors (Lipinski definition) is 3. The highest BCUT2D eigenvalue weighted by atomic mass is 16.5. The summed E-state index contributed by atoms with van der Waals surface area (Å²) in [4.78, 5) is 0. The van der Waals surface area contributed by atoms with Crippen molar-refractivity contribution in [3.05, 3.63) is 18.0 Å². The van der Waals surface area contributed by atoms with E-state index in [1.807, 2.05) is 6.92 Å². The summed E-state index contributed by atoms with van der Waals surface area (Å²) < 4.78 is 7.39. The Labute approximate surface area is 110 Å². The second-order valence-electron chi connectivity index (χ2n) is 5.39. The minimum atomic E-state index is 0.0182. The minimum absolute atomic E-state index is 0.0182. The van der Waals surface area contributed by atoms with Crippen molar-refractivity contribution in [1.29, 1.82) is 0 Å². The Kier molecular flexibility index (Phi) is 4.78. The SMILES string of the molecule is COC(C)C(N)Cc1ccn(C2CCCCC2)n1. The van der Waals surface area contributed by atoms with Gasteiger partial charge in [-0.2, -0.15) is 5.10 Å². The molecule has 1 aliphatic carbocycles. The lowest BCUT2D eigenvalue weighted by molar-refractivity contribution is 0.0952. The number of rotatable bonds is 5. The van der Waals surface area contributed by atoms with Crippen LogP contribution in [0.5, 0.6) is 0 Å². The van der Waals surface area contributed by atoms with E-state index in [1.165, 1.54) is 32.1 Å². The topological polar surface area (TPSA) is 53.1 Å². The zero-order chi connectivity index (χ0) is 13.0. The van der Waals surface area contributed by atoms with E-state index in [-0.39, 0.29) is 12.1 Å². The lowest BCUT2D eigenvalue weighted by atomic mass is 9.96. The van der Waals surface area contributed by atoms with Crippen LogP contribution in [-0.4, -0.2) is 29.0 Å². The van der Waals surface area contributed by atoms with Gasteiger partial charge in [-0.3, -0.25) is 4.68 Å². The number of nitrogens with two attached hydrogens (primary N) is 1. The van der Waals surface area contributed by atoms with Crippen LogP contribution in [-0.2, 0) is 11.2 Å². The smallest absolute Gasteiger partial charge is 0.0697 e. The van der Waals surface area contributed by atoms with Crippen molar-refractivity contribution < 1.29 is 4.74 Å². The van der Waals surface area contributed by atoms with Crippen LogP contribution in [0.4, 0.5) is 0 Å². The third-order valence-corrected chi connectivity index (χ3v) is 4.03. The first kappa shape index (κ1) is 13.6. The van der Waals surface area contributed by atoms with E-state index in [2.05, 4.69) is 22.0 Å². The third-order valence-electron chi connectivity index (χ3n) is 4.03. The van der Waals surface area contributed by atoms with Gasteiger partial charge in [0, 0.05) is 25.8 Å². The summed E-state index contributed by atoms with van der Waals surface area (Å²) in [6.07, 6.45) is 9.54. The average Bonchev–Trinajstić information content (AvgIpc) is 2.87. The standard InChI is InChI=1S/C14H25N3O/c1-11(18-2)14(15)10-12-8-9-17(16-12)13-6-4-3-5-7-13/h8-9,11,13-14H,3-7,10,15H2,1-2H3. The van der Waals surface area contributed by atoms with E-state index < -0.39 is 0 Å². The predicted octanol–water partition coefficient (Wildman–Crippen LogP) is 2.29. The van der Waals surface area contributed by atoms with Crippen molar-refractivity contribution in [2.24, 2.45) is 5.73 Å². The van der Waals surface area contributed by atoms with E-state index in [0.29, 0.717) is 6.04 Å². The van der Waals surface area contributed by atoms with Gasteiger partial charge in [0.15, 0.2) is 0 Å². The third kappa shape index (κ3) is 3.33. The van der Waals surface area contributed by atoms with Crippen LogP contribution in [0.15, 0.2) is 12.3 Å². The fourth-order valence-corrected chi connectivity index (χ4v) is 2.62. The highest BCUT2D eigenvalue weighted by Crippen LogP contribution is 2.27. The van der Waals surface area contributed by atoms with Gasteiger partial charge in [0.05, 0.1) is 17.8 Å². The highest BCUT2D eigenvalue weighted by molar-refractivity contribution is 5.03. The molecule has 2 rings (SSSR count). The fourth-order valence-electron chi connectivity index (χ4n) is 2.62. The molecule has 102 valence electrons. The Bertz CT molecular complexity index is 358. The van der Waals surface area contributed by atoms with Gasteiger partial charge in [0.25, 0.3) is 0 Å². The maximum absolute atomic E-state index is 6.07. The van der Waals surface area contributed by atoms with Gasteiger partial charge in [0.1, 0.15) is 0 Å². The second-order valence-corrected chi connectivity index (χ2v) is 5.39. The summed E-state index contributed by atoms with van der Waals surface area (Å²) >= 11 is 0. The number of methoxy groups -OCH3 is 1. The van der Waals surface area contributed by atoms with Crippen LogP contribution in [0.1, 0.15) is 50.8 Å². The molecule has 0 aliphatic heterocycles. The monoisotopic (exact) mass is 251 g/mol. The van der Waals surface area contributed by atoms with Crippen LogP contribution < -0.4 is 5.73 Å². The number of hydrogen-bond donors (Lipinski definition) is 1. The molecule has 1 fully saturated rings. The molecule has 2 unspecified atom stereocenters. The first-order valence-electron chi connectivity index (χ1n) is 7.03. The average molecular weight is 251 g/mol. The van der Waals surface area contributed by atoms with E-state index in [4.69, 9.17) is 10.5 Å². The molecule has 0 radical (unpaired) electrons. The zero-order valence-corrected chi connectivity index (χ0v) is 11.5. The van der Waals surface area contributed by atoms with Gasteiger partial charge in [-0.25, -0.2) is 0 Å². The Hall–Kier alpha value is -0.870. The molecule has 18 heavy (non-hydrogen) atoms. The number of nitrogens with zero attached hydrogens (tertiary/aromatic N) is 2. The van der Waals surface area contributed by atoms with Crippen LogP contribution >= 0.6 is 0 Å². The molecule has 0 amide bonds. The molecule has 2 atom stereocenters. The summed E-state index contributed by atoms with van der Waals surface area (Å²) in [6.45, 7) is 2.00. The maximum Gasteiger partial charge on any atom is 0.0697 e. The molecule has 2 N–H and O–H groups in total. The van der Waals surface area contributed by atoms with Gasteiger partial charge >= 0.3 is 0 Å². The highest BCUT2D eigenvalue weighted by Gasteiger charge is 2.18. The summed E-state index contributed by atoms with van der Waals surface area (Å²) in [7, 11) is 1.70. The molecule has 1 aliphatic rings. The van der Waals surface area contributed by atoms with Gasteiger partial charge in [-0.15, -0.1) is 0 Å². The second kappa shape index (κ2) is 6.34. The quantitative estimate of drug-likeness (QED) is 0.873. The summed E-state index contributed by atoms with van der Waals surface area (Å²) in [5.74, 6) is 0. The Morgan fingerprint density at radius 2 is 2.17 bits per heavy atom. The van der Waals surface area contributed by atoms with E-state index in [1.54, 1.807) is 7.11 Å². The molecule has 0 aromatic carbocycles. The normalized spacial score (nSPS) is 20.8. The molecule has 1 aromatic rings. The van der Waals surface area contributed by atoms with Crippen LogP contribution in [0, 0.1) is 0 Å². The molecular formula is C14H25N3O. The van der Waals surface area contributed by atoms with Gasteiger partial charge in [-0.1, -0.05) is 19.3 Å². The zero-order valence-electron chi connectivity index (χ0n) is 11.5. The van der Waals surface area contributed by atoms with Crippen LogP contribution in [0.25, 0.3) is 0 Å². The molecule has 0 spiro atoms. The fraction of sp³-hybridized carbons (Fsp3) is 0.786. The number of aromatic nitrogens is 2. The van der Waals surface area contributed by atoms with Crippen molar-refractivity contribution in [2.75, 3.05) is 7.11 Å². The Morgan fingerprint density at radius 1 is 1.44 bits per heavy atom. The van der Waals surface area contributed by atoms with Gasteiger partial charge in [0.2, 0.25) is 0 Å². The molecule has 1 saturated carbocycles. The molecule has 1 aromatic heterocycles. The minimum Gasteiger partial charge on any atom is -0.380 e. The van der Waals surface area contributed by atoms with Gasteiger partial charge < -0.3 is 10.5 Å². The van der Waals surface area contributed by atoms with Crippen molar-refractivity contribution in [2.45, 2.75) is 63.6 Å². The molecule has 1 heterocycles. The Morgan fingerprint density at radius 3 is 2.83 bits per heavy atom. The predicted molar refractivity (Wildman–Crippen MR) is 72.5 cm³/mol. The molecule has 4 nitrogen and oxygen atoms in total. The number of ether oxygens (including phenoxy) is 1. The maximum atomic E-state index is 6.07. The lowest BCUT2D eigenvalue weighted by Gasteiger charge is -2.22. The molecular weight excluding hydrogens is 226 g/mol.